The van der Waals surface area contributed by atoms with E-state index in [1.807, 2.05) is 20.8 Å². The van der Waals surface area contributed by atoms with E-state index in [2.05, 4.69) is 10.6 Å². The van der Waals surface area contributed by atoms with E-state index in [1.165, 1.54) is 6.07 Å². The van der Waals surface area contributed by atoms with Crippen LogP contribution in [0.25, 0.3) is 0 Å². The van der Waals surface area contributed by atoms with Crippen molar-refractivity contribution in [3.8, 4) is 0 Å². The van der Waals surface area contributed by atoms with Crippen LogP contribution in [0.1, 0.15) is 26.3 Å². The van der Waals surface area contributed by atoms with Gasteiger partial charge in [0.05, 0.1) is 0 Å². The second-order valence-electron chi connectivity index (χ2n) is 5.19. The molecule has 1 aromatic carbocycles. The normalized spacial score (nSPS) is 11.9. The molecular weight excluding hydrogens is 241 g/mol. The van der Waals surface area contributed by atoms with Crippen LogP contribution in [0, 0.1) is 17.5 Å². The third-order valence-electron chi connectivity index (χ3n) is 2.39. The molecule has 5 heteroatoms. The third-order valence-corrected chi connectivity index (χ3v) is 2.39. The maximum atomic E-state index is 13.3. The minimum Gasteiger partial charge on any atom is -0.311 e. The smallest absolute Gasteiger partial charge is 0.194 e. The SMILES string of the molecule is CC(C)(C)NCCNCc1ccc(F)c(F)c1F. The molecular formula is C13H19F3N2. The van der Waals surface area contributed by atoms with Crippen LogP contribution in [0.5, 0.6) is 0 Å². The van der Waals surface area contributed by atoms with E-state index in [0.717, 1.165) is 12.6 Å². The Kier molecular flexibility index (Phi) is 5.16. The molecule has 0 saturated carbocycles. The van der Waals surface area contributed by atoms with Gasteiger partial charge in [0.2, 0.25) is 0 Å². The summed E-state index contributed by atoms with van der Waals surface area (Å²) in [5.74, 6) is -3.70. The fraction of sp³-hybridized carbons (Fsp3) is 0.538. The van der Waals surface area contributed by atoms with Crippen LogP contribution >= 0.6 is 0 Å². The van der Waals surface area contributed by atoms with Gasteiger partial charge in [-0.05, 0) is 26.8 Å². The maximum absolute atomic E-state index is 13.3. The predicted molar refractivity (Wildman–Crippen MR) is 65.8 cm³/mol. The lowest BCUT2D eigenvalue weighted by atomic mass is 10.1. The first-order chi connectivity index (χ1) is 8.31. The Morgan fingerprint density at radius 1 is 1.00 bits per heavy atom. The van der Waals surface area contributed by atoms with Crippen molar-refractivity contribution in [1.82, 2.24) is 10.6 Å². The zero-order valence-corrected chi connectivity index (χ0v) is 10.9. The summed E-state index contributed by atoms with van der Waals surface area (Å²) in [6, 6.07) is 2.18. The molecule has 102 valence electrons. The number of halogens is 3. The largest absolute Gasteiger partial charge is 0.311 e. The molecule has 0 spiro atoms. The molecule has 1 rings (SSSR count). The Labute approximate surface area is 106 Å². The van der Waals surface area contributed by atoms with Gasteiger partial charge in [-0.25, -0.2) is 13.2 Å². The zero-order chi connectivity index (χ0) is 13.8. The molecule has 0 unspecified atom stereocenters. The summed E-state index contributed by atoms with van der Waals surface area (Å²) in [5, 5.41) is 6.22. The number of rotatable bonds is 5. The van der Waals surface area contributed by atoms with E-state index in [1.54, 1.807) is 0 Å². The summed E-state index contributed by atoms with van der Waals surface area (Å²) in [5.41, 5.74) is 0.152. The lowest BCUT2D eigenvalue weighted by Crippen LogP contribution is -2.40. The molecule has 0 aromatic heterocycles. The van der Waals surface area contributed by atoms with E-state index < -0.39 is 17.5 Å². The first-order valence-corrected chi connectivity index (χ1v) is 5.89. The van der Waals surface area contributed by atoms with Gasteiger partial charge < -0.3 is 10.6 Å². The van der Waals surface area contributed by atoms with Gasteiger partial charge in [-0.1, -0.05) is 6.07 Å². The highest BCUT2D eigenvalue weighted by atomic mass is 19.2. The van der Waals surface area contributed by atoms with Crippen molar-refractivity contribution >= 4 is 0 Å². The summed E-state index contributed by atoms with van der Waals surface area (Å²) in [7, 11) is 0. The van der Waals surface area contributed by atoms with E-state index in [-0.39, 0.29) is 17.6 Å². The second kappa shape index (κ2) is 6.20. The lowest BCUT2D eigenvalue weighted by molar-refractivity contribution is 0.417. The average Bonchev–Trinajstić information content (AvgIpc) is 2.27. The molecule has 0 bridgehead atoms. The van der Waals surface area contributed by atoms with Crippen molar-refractivity contribution in [3.63, 3.8) is 0 Å². The Morgan fingerprint density at radius 2 is 1.67 bits per heavy atom. The van der Waals surface area contributed by atoms with Crippen LogP contribution in [-0.2, 0) is 6.54 Å². The molecule has 0 amide bonds. The summed E-state index contributed by atoms with van der Waals surface area (Å²) >= 11 is 0. The van der Waals surface area contributed by atoms with Crippen LogP contribution in [0.4, 0.5) is 13.2 Å². The third kappa shape index (κ3) is 4.66. The van der Waals surface area contributed by atoms with Gasteiger partial charge in [0, 0.05) is 30.7 Å². The van der Waals surface area contributed by atoms with Gasteiger partial charge in [0.15, 0.2) is 17.5 Å². The Hall–Kier alpha value is -1.07. The van der Waals surface area contributed by atoms with Crippen molar-refractivity contribution < 1.29 is 13.2 Å². The van der Waals surface area contributed by atoms with Crippen molar-refractivity contribution in [1.29, 1.82) is 0 Å². The standard InChI is InChI=1S/C13H19F3N2/c1-13(2,3)18-7-6-17-8-9-4-5-10(14)12(16)11(9)15/h4-5,17-18H,6-8H2,1-3H3. The van der Waals surface area contributed by atoms with E-state index >= 15 is 0 Å². The van der Waals surface area contributed by atoms with Crippen LogP contribution < -0.4 is 10.6 Å². The Bertz CT molecular complexity index is 400. The van der Waals surface area contributed by atoms with Crippen molar-refractivity contribution in [2.24, 2.45) is 0 Å². The second-order valence-corrected chi connectivity index (χ2v) is 5.19. The quantitative estimate of drug-likeness (QED) is 0.628. The zero-order valence-electron chi connectivity index (χ0n) is 10.9. The van der Waals surface area contributed by atoms with Gasteiger partial charge in [0.1, 0.15) is 0 Å². The highest BCUT2D eigenvalue weighted by Gasteiger charge is 2.12. The topological polar surface area (TPSA) is 24.1 Å². The monoisotopic (exact) mass is 260 g/mol. The number of hydrogen-bond donors (Lipinski definition) is 2. The summed E-state index contributed by atoms with van der Waals surface area (Å²) in [6.45, 7) is 7.64. The molecule has 0 aliphatic heterocycles. The van der Waals surface area contributed by atoms with Crippen LogP contribution in [-0.4, -0.2) is 18.6 Å². The van der Waals surface area contributed by atoms with Crippen molar-refractivity contribution in [2.75, 3.05) is 13.1 Å². The molecule has 0 aliphatic carbocycles. The van der Waals surface area contributed by atoms with E-state index in [0.29, 0.717) is 6.54 Å². The molecule has 1 aromatic rings. The van der Waals surface area contributed by atoms with Gasteiger partial charge in [0.25, 0.3) is 0 Å². The molecule has 0 radical (unpaired) electrons. The molecule has 0 aliphatic rings. The fourth-order valence-corrected chi connectivity index (χ4v) is 1.45. The molecule has 0 fully saturated rings. The van der Waals surface area contributed by atoms with Crippen LogP contribution in [0.2, 0.25) is 0 Å². The highest BCUT2D eigenvalue weighted by Crippen LogP contribution is 2.14. The minimum atomic E-state index is -1.41. The lowest BCUT2D eigenvalue weighted by Gasteiger charge is -2.20. The van der Waals surface area contributed by atoms with Crippen LogP contribution in [0.15, 0.2) is 12.1 Å². The predicted octanol–water partition coefficient (Wildman–Crippen LogP) is 2.58. The molecule has 0 saturated heterocycles. The number of nitrogens with one attached hydrogen (secondary N) is 2. The van der Waals surface area contributed by atoms with Gasteiger partial charge in [-0.2, -0.15) is 0 Å². The van der Waals surface area contributed by atoms with Gasteiger partial charge in [-0.3, -0.25) is 0 Å². The van der Waals surface area contributed by atoms with E-state index in [4.69, 9.17) is 0 Å². The maximum Gasteiger partial charge on any atom is 0.194 e. The first-order valence-electron chi connectivity index (χ1n) is 5.89. The number of benzene rings is 1. The molecule has 18 heavy (non-hydrogen) atoms. The van der Waals surface area contributed by atoms with E-state index in [9.17, 15) is 13.2 Å². The fourth-order valence-electron chi connectivity index (χ4n) is 1.45. The van der Waals surface area contributed by atoms with Crippen LogP contribution in [0.3, 0.4) is 0 Å². The Balaban J connectivity index is 2.39. The molecule has 0 heterocycles. The first kappa shape index (κ1) is 15.0. The minimum absolute atomic E-state index is 0.0227. The summed E-state index contributed by atoms with van der Waals surface area (Å²) in [4.78, 5) is 0. The molecule has 2 N–H and O–H groups in total. The van der Waals surface area contributed by atoms with Crippen molar-refractivity contribution in [3.05, 3.63) is 35.1 Å². The van der Waals surface area contributed by atoms with Gasteiger partial charge >= 0.3 is 0 Å². The molecule has 0 atom stereocenters. The Morgan fingerprint density at radius 3 is 2.28 bits per heavy atom. The van der Waals surface area contributed by atoms with Gasteiger partial charge in [-0.15, -0.1) is 0 Å². The summed E-state index contributed by atoms with van der Waals surface area (Å²) in [6.07, 6.45) is 0. The van der Waals surface area contributed by atoms with Crippen molar-refractivity contribution in [2.45, 2.75) is 32.9 Å². The summed E-state index contributed by atoms with van der Waals surface area (Å²) < 4.78 is 38.9. The number of hydrogen-bond acceptors (Lipinski definition) is 2. The highest BCUT2D eigenvalue weighted by molar-refractivity contribution is 5.20. The molecule has 2 nitrogen and oxygen atoms in total. The average molecular weight is 260 g/mol.